The van der Waals surface area contributed by atoms with E-state index in [4.69, 9.17) is 12.2 Å². The molecule has 84 valence electrons. The van der Waals surface area contributed by atoms with Gasteiger partial charge in [0, 0.05) is 13.1 Å². The quantitative estimate of drug-likeness (QED) is 0.810. The summed E-state index contributed by atoms with van der Waals surface area (Å²) < 4.78 is 0.774. The molecule has 1 aliphatic rings. The molecule has 0 bridgehead atoms. The topological polar surface area (TPSA) is 31.9 Å². The largest absolute Gasteiger partial charge is 0.347 e. The zero-order chi connectivity index (χ0) is 10.8. The second kappa shape index (κ2) is 4.61. The second-order valence-corrected chi connectivity index (χ2v) is 6.11. The third-order valence-electron chi connectivity index (χ3n) is 3.18. The van der Waals surface area contributed by atoms with Gasteiger partial charge in [0.05, 0.1) is 0 Å². The standard InChI is InChI=1S/C10H17N3S2/c1-7(2)8-3-5-13(6-4-8)9-11-12-10(14)15-9/h7-8H,3-6H2,1-2H3,(H,12,14). The number of piperidine rings is 1. The van der Waals surface area contributed by atoms with Gasteiger partial charge in [-0.25, -0.2) is 0 Å². The van der Waals surface area contributed by atoms with Crippen LogP contribution in [-0.2, 0) is 0 Å². The second-order valence-electron chi connectivity index (χ2n) is 4.46. The molecule has 0 atom stereocenters. The van der Waals surface area contributed by atoms with Crippen molar-refractivity contribution in [2.45, 2.75) is 26.7 Å². The third-order valence-corrected chi connectivity index (χ3v) is 4.33. The predicted molar refractivity (Wildman–Crippen MR) is 67.1 cm³/mol. The number of aromatic nitrogens is 2. The van der Waals surface area contributed by atoms with Gasteiger partial charge in [-0.1, -0.05) is 25.2 Å². The van der Waals surface area contributed by atoms with Gasteiger partial charge in [-0.05, 0) is 36.9 Å². The molecule has 0 unspecified atom stereocenters. The average Bonchev–Trinajstić information content (AvgIpc) is 2.65. The summed E-state index contributed by atoms with van der Waals surface area (Å²) in [5, 5.41) is 8.12. The van der Waals surface area contributed by atoms with E-state index in [0.717, 1.165) is 34.0 Å². The number of hydrogen-bond acceptors (Lipinski definition) is 4. The summed E-state index contributed by atoms with van der Waals surface area (Å²) in [6.07, 6.45) is 2.56. The van der Waals surface area contributed by atoms with Gasteiger partial charge < -0.3 is 4.90 Å². The fraction of sp³-hybridized carbons (Fsp3) is 0.800. The Morgan fingerprint density at radius 3 is 2.60 bits per heavy atom. The van der Waals surface area contributed by atoms with Crippen molar-refractivity contribution < 1.29 is 0 Å². The van der Waals surface area contributed by atoms with Gasteiger partial charge in [0.1, 0.15) is 0 Å². The van der Waals surface area contributed by atoms with Crippen LogP contribution in [0.4, 0.5) is 5.13 Å². The minimum absolute atomic E-state index is 0.774. The first-order chi connectivity index (χ1) is 7.16. The number of hydrogen-bond donors (Lipinski definition) is 1. The van der Waals surface area contributed by atoms with E-state index in [1.54, 1.807) is 11.3 Å². The summed E-state index contributed by atoms with van der Waals surface area (Å²) in [5.41, 5.74) is 0. The Hall–Kier alpha value is -0.420. The highest BCUT2D eigenvalue weighted by molar-refractivity contribution is 7.73. The van der Waals surface area contributed by atoms with Crippen molar-refractivity contribution in [1.82, 2.24) is 10.2 Å². The van der Waals surface area contributed by atoms with E-state index in [9.17, 15) is 0 Å². The first-order valence-electron chi connectivity index (χ1n) is 5.47. The molecule has 1 aromatic rings. The zero-order valence-corrected chi connectivity index (χ0v) is 10.8. The van der Waals surface area contributed by atoms with Gasteiger partial charge in [0.25, 0.3) is 0 Å². The molecular weight excluding hydrogens is 226 g/mol. The molecule has 1 aliphatic heterocycles. The lowest BCUT2D eigenvalue weighted by atomic mass is 9.87. The van der Waals surface area contributed by atoms with E-state index in [-0.39, 0.29) is 0 Å². The van der Waals surface area contributed by atoms with Crippen LogP contribution in [0.1, 0.15) is 26.7 Å². The van der Waals surface area contributed by atoms with Crippen LogP contribution < -0.4 is 4.90 Å². The van der Waals surface area contributed by atoms with Crippen LogP contribution in [0.15, 0.2) is 0 Å². The Bertz CT molecular complexity index is 361. The highest BCUT2D eigenvalue weighted by Gasteiger charge is 2.22. The number of rotatable bonds is 2. The SMILES string of the molecule is CC(C)C1CCN(c2n[nH]c(=S)s2)CC1. The molecule has 1 fully saturated rings. The fourth-order valence-electron chi connectivity index (χ4n) is 2.11. The lowest BCUT2D eigenvalue weighted by Crippen LogP contribution is -2.35. The molecular formula is C10H17N3S2. The molecule has 0 saturated carbocycles. The van der Waals surface area contributed by atoms with Crippen LogP contribution in [-0.4, -0.2) is 23.3 Å². The minimum atomic E-state index is 0.774. The summed E-state index contributed by atoms with van der Waals surface area (Å²) in [5.74, 6) is 1.69. The lowest BCUT2D eigenvalue weighted by Gasteiger charge is -2.33. The van der Waals surface area contributed by atoms with Crippen LogP contribution in [0.2, 0.25) is 0 Å². The Morgan fingerprint density at radius 2 is 2.13 bits per heavy atom. The molecule has 1 N–H and O–H groups in total. The molecule has 1 saturated heterocycles. The van der Waals surface area contributed by atoms with E-state index < -0.39 is 0 Å². The van der Waals surface area contributed by atoms with Crippen LogP contribution in [0.25, 0.3) is 0 Å². The number of aromatic amines is 1. The Morgan fingerprint density at radius 1 is 1.47 bits per heavy atom. The molecule has 0 spiro atoms. The van der Waals surface area contributed by atoms with Gasteiger partial charge in [0.15, 0.2) is 3.95 Å². The number of nitrogens with one attached hydrogen (secondary N) is 1. The molecule has 5 heteroatoms. The summed E-state index contributed by atoms with van der Waals surface area (Å²) in [7, 11) is 0. The first kappa shape index (κ1) is 11.1. The number of nitrogens with zero attached hydrogens (tertiary/aromatic N) is 2. The summed E-state index contributed by atoms with van der Waals surface area (Å²) in [6, 6.07) is 0. The summed E-state index contributed by atoms with van der Waals surface area (Å²) >= 11 is 6.62. The molecule has 0 aromatic carbocycles. The molecule has 1 aromatic heterocycles. The Balaban J connectivity index is 1.96. The molecule has 3 nitrogen and oxygen atoms in total. The van der Waals surface area contributed by atoms with Gasteiger partial charge in [-0.2, -0.15) is 0 Å². The maximum absolute atomic E-state index is 5.04. The van der Waals surface area contributed by atoms with Crippen molar-refractivity contribution in [3.8, 4) is 0 Å². The molecule has 15 heavy (non-hydrogen) atoms. The monoisotopic (exact) mass is 243 g/mol. The minimum Gasteiger partial charge on any atom is -0.347 e. The van der Waals surface area contributed by atoms with Gasteiger partial charge in [-0.3, -0.25) is 5.10 Å². The smallest absolute Gasteiger partial charge is 0.206 e. The predicted octanol–water partition coefficient (Wildman–Crippen LogP) is 3.07. The Labute approximate surface area is 99.5 Å². The summed E-state index contributed by atoms with van der Waals surface area (Å²) in [6.45, 7) is 6.88. The van der Waals surface area contributed by atoms with Gasteiger partial charge in [0.2, 0.25) is 5.13 Å². The molecule has 0 radical (unpaired) electrons. The first-order valence-corrected chi connectivity index (χ1v) is 6.69. The molecule has 2 rings (SSSR count). The van der Waals surface area contributed by atoms with Crippen LogP contribution in [0.5, 0.6) is 0 Å². The zero-order valence-electron chi connectivity index (χ0n) is 9.19. The number of H-pyrrole nitrogens is 1. The third kappa shape index (κ3) is 2.58. The van der Waals surface area contributed by atoms with Crippen LogP contribution >= 0.6 is 23.6 Å². The van der Waals surface area contributed by atoms with Crippen LogP contribution in [0, 0.1) is 15.8 Å². The van der Waals surface area contributed by atoms with Crippen molar-refractivity contribution in [3.63, 3.8) is 0 Å². The van der Waals surface area contributed by atoms with Gasteiger partial charge >= 0.3 is 0 Å². The fourth-order valence-corrected chi connectivity index (χ4v) is 3.04. The lowest BCUT2D eigenvalue weighted by molar-refractivity contribution is 0.311. The highest BCUT2D eigenvalue weighted by atomic mass is 32.1. The number of anilines is 1. The van der Waals surface area contributed by atoms with Gasteiger partial charge in [-0.15, -0.1) is 5.10 Å². The van der Waals surface area contributed by atoms with E-state index >= 15 is 0 Å². The maximum Gasteiger partial charge on any atom is 0.206 e. The van der Waals surface area contributed by atoms with E-state index in [1.165, 1.54) is 12.8 Å². The Kier molecular flexibility index (Phi) is 3.41. The van der Waals surface area contributed by atoms with Crippen LogP contribution in [0.3, 0.4) is 0 Å². The van der Waals surface area contributed by atoms with Crippen molar-refractivity contribution in [1.29, 1.82) is 0 Å². The average molecular weight is 243 g/mol. The van der Waals surface area contributed by atoms with E-state index in [2.05, 4.69) is 28.9 Å². The van der Waals surface area contributed by atoms with E-state index in [0.29, 0.717) is 0 Å². The normalized spacial score (nSPS) is 18.7. The molecule has 0 aliphatic carbocycles. The van der Waals surface area contributed by atoms with E-state index in [1.807, 2.05) is 0 Å². The van der Waals surface area contributed by atoms with Crippen molar-refractivity contribution in [2.75, 3.05) is 18.0 Å². The van der Waals surface area contributed by atoms with Crippen molar-refractivity contribution in [2.24, 2.45) is 11.8 Å². The van der Waals surface area contributed by atoms with Crippen molar-refractivity contribution >= 4 is 28.7 Å². The van der Waals surface area contributed by atoms with Crippen molar-refractivity contribution in [3.05, 3.63) is 3.95 Å². The molecule has 2 heterocycles. The highest BCUT2D eigenvalue weighted by Crippen LogP contribution is 2.28. The maximum atomic E-state index is 5.04. The molecule has 0 amide bonds. The summed E-state index contributed by atoms with van der Waals surface area (Å²) in [4.78, 5) is 2.34.